The number of methoxy groups -OCH3 is 2. The van der Waals surface area contributed by atoms with Crippen LogP contribution < -0.4 is 14.2 Å². The number of para-hydroxylation sites is 1. The number of likely N-dealkylation sites (tertiary alicyclic amines) is 1. The van der Waals surface area contributed by atoms with Gasteiger partial charge >= 0.3 is 6.09 Å². The highest BCUT2D eigenvalue weighted by atomic mass is 16.6. The van der Waals surface area contributed by atoms with E-state index in [2.05, 4.69) is 12.1 Å². The molecular weight excluding hydrogens is 622 g/mol. The van der Waals surface area contributed by atoms with Gasteiger partial charge in [0.15, 0.2) is 0 Å². The monoisotopic (exact) mass is 671 g/mol. The Kier molecular flexibility index (Phi) is 12.4. The molecule has 9 heteroatoms. The smallest absolute Gasteiger partial charge is 0.410 e. The van der Waals surface area contributed by atoms with Gasteiger partial charge in [-0.05, 0) is 67.6 Å². The highest BCUT2D eigenvalue weighted by Crippen LogP contribution is 2.37. The van der Waals surface area contributed by atoms with Crippen molar-refractivity contribution in [2.45, 2.75) is 58.0 Å². The third kappa shape index (κ3) is 9.65. The number of carbonyl (C=O) groups is 1. The Labute approximate surface area is 289 Å². The fourth-order valence-electron chi connectivity index (χ4n) is 6.33. The molecule has 1 amide bonds. The van der Waals surface area contributed by atoms with Crippen molar-refractivity contribution in [2.24, 2.45) is 5.92 Å². The van der Waals surface area contributed by atoms with Gasteiger partial charge in [-0.15, -0.1) is 0 Å². The summed E-state index contributed by atoms with van der Waals surface area (Å²) in [6.07, 6.45) is -0.0775. The molecule has 262 valence electrons. The van der Waals surface area contributed by atoms with Crippen LogP contribution in [0, 0.1) is 5.92 Å². The highest BCUT2D eigenvalue weighted by molar-refractivity contribution is 5.89. The number of nitrogens with zero attached hydrogens (tertiary/aromatic N) is 1. The molecular formula is C40H49NO8. The first-order valence-electron chi connectivity index (χ1n) is 16.9. The van der Waals surface area contributed by atoms with Gasteiger partial charge in [0.05, 0.1) is 53.3 Å². The fraction of sp³-hybridized carbons (Fsp3) is 0.425. The van der Waals surface area contributed by atoms with Crippen molar-refractivity contribution in [1.29, 1.82) is 0 Å². The van der Waals surface area contributed by atoms with Crippen LogP contribution in [0.4, 0.5) is 4.79 Å². The standard InChI is InChI=1S/C40H49NO8/c1-40(2,3)49-39(43)41-23-32(25-42)38(37(24-41)48-26-28-21-30-11-6-8-13-34(30)36(22-28)45-5)29-15-17-33(18-16-29)47-20-10-19-46-27-31-12-7-9-14-35(31)44-4/h6-9,11-18,21-22,32,37-38,42H,10,19-20,23-27H2,1-5H3/t32-,37-,38-/m0/s1. The first-order valence-corrected chi connectivity index (χ1v) is 16.9. The molecule has 0 unspecified atom stereocenters. The van der Waals surface area contributed by atoms with E-state index in [9.17, 15) is 9.90 Å². The maximum absolute atomic E-state index is 13.2. The van der Waals surface area contributed by atoms with Gasteiger partial charge in [0.1, 0.15) is 22.8 Å². The van der Waals surface area contributed by atoms with Gasteiger partial charge < -0.3 is 38.4 Å². The molecule has 4 aromatic carbocycles. The van der Waals surface area contributed by atoms with E-state index in [4.69, 9.17) is 28.4 Å². The second-order valence-electron chi connectivity index (χ2n) is 13.4. The summed E-state index contributed by atoms with van der Waals surface area (Å²) in [5, 5.41) is 12.7. The summed E-state index contributed by atoms with van der Waals surface area (Å²) >= 11 is 0. The van der Waals surface area contributed by atoms with Gasteiger partial charge in [-0.2, -0.15) is 0 Å². The zero-order valence-corrected chi connectivity index (χ0v) is 29.2. The summed E-state index contributed by atoms with van der Waals surface area (Å²) in [7, 11) is 3.32. The van der Waals surface area contributed by atoms with Crippen LogP contribution in [0.25, 0.3) is 10.8 Å². The van der Waals surface area contributed by atoms with Crippen molar-refractivity contribution >= 4 is 16.9 Å². The summed E-state index contributed by atoms with van der Waals surface area (Å²) in [6.45, 7) is 7.98. The lowest BCUT2D eigenvalue weighted by molar-refractivity contribution is -0.0600. The predicted octanol–water partition coefficient (Wildman–Crippen LogP) is 7.37. The van der Waals surface area contributed by atoms with Gasteiger partial charge in [0, 0.05) is 42.4 Å². The molecule has 1 aliphatic rings. The molecule has 1 heterocycles. The SMILES string of the molecule is COc1ccccc1COCCCOc1ccc([C@H]2[C@H](CO)CN(C(=O)OC(C)(C)C)C[C@@H]2OCc2cc(OC)c3ccccc3c2)cc1. The van der Waals surface area contributed by atoms with Crippen molar-refractivity contribution in [2.75, 3.05) is 47.1 Å². The molecule has 9 nitrogen and oxygen atoms in total. The Morgan fingerprint density at radius 3 is 2.33 bits per heavy atom. The lowest BCUT2D eigenvalue weighted by Gasteiger charge is -2.43. The predicted molar refractivity (Wildman–Crippen MR) is 189 cm³/mol. The number of aliphatic hydroxyl groups excluding tert-OH is 1. The van der Waals surface area contributed by atoms with Gasteiger partial charge in [-0.1, -0.05) is 54.6 Å². The molecule has 0 aromatic heterocycles. The number of amides is 1. The number of rotatable bonds is 14. The minimum Gasteiger partial charge on any atom is -0.496 e. The van der Waals surface area contributed by atoms with E-state index >= 15 is 0 Å². The zero-order valence-electron chi connectivity index (χ0n) is 29.2. The molecule has 0 saturated carbocycles. The molecule has 1 saturated heterocycles. The average Bonchev–Trinajstić information content (AvgIpc) is 3.11. The van der Waals surface area contributed by atoms with E-state index in [1.165, 1.54) is 0 Å². The van der Waals surface area contributed by atoms with E-state index in [0.717, 1.165) is 51.1 Å². The van der Waals surface area contributed by atoms with Crippen LogP contribution in [0.5, 0.6) is 17.2 Å². The largest absolute Gasteiger partial charge is 0.496 e. The highest BCUT2D eigenvalue weighted by Gasteiger charge is 2.41. The normalized spacial score (nSPS) is 17.9. The van der Waals surface area contributed by atoms with Crippen LogP contribution in [0.1, 0.15) is 49.8 Å². The molecule has 4 aromatic rings. The van der Waals surface area contributed by atoms with Crippen molar-refractivity contribution < 1.29 is 38.3 Å². The second-order valence-corrected chi connectivity index (χ2v) is 13.4. The molecule has 1 N–H and O–H groups in total. The minimum atomic E-state index is -0.641. The van der Waals surface area contributed by atoms with Crippen molar-refractivity contribution in [3.05, 3.63) is 102 Å². The molecule has 1 aliphatic heterocycles. The number of hydrogen-bond donors (Lipinski definition) is 1. The average molecular weight is 672 g/mol. The maximum Gasteiger partial charge on any atom is 0.410 e. The Bertz CT molecular complexity index is 1650. The molecule has 1 fully saturated rings. The molecule has 0 spiro atoms. The first kappa shape index (κ1) is 36.0. The molecule has 5 rings (SSSR count). The van der Waals surface area contributed by atoms with E-state index < -0.39 is 17.8 Å². The van der Waals surface area contributed by atoms with Gasteiger partial charge in [-0.3, -0.25) is 0 Å². The number of piperidine rings is 1. The minimum absolute atomic E-state index is 0.110. The number of carbonyl (C=O) groups excluding carboxylic acids is 1. The lowest BCUT2D eigenvalue weighted by Crippen LogP contribution is -2.53. The van der Waals surface area contributed by atoms with Crippen molar-refractivity contribution in [3.63, 3.8) is 0 Å². The van der Waals surface area contributed by atoms with E-state index in [1.54, 1.807) is 19.1 Å². The summed E-state index contributed by atoms with van der Waals surface area (Å²) in [4.78, 5) is 14.9. The Morgan fingerprint density at radius 2 is 1.59 bits per heavy atom. The van der Waals surface area contributed by atoms with Crippen molar-refractivity contribution in [3.8, 4) is 17.2 Å². The summed E-state index contributed by atoms with van der Waals surface area (Å²) in [5.74, 6) is 1.92. The third-order valence-corrected chi connectivity index (χ3v) is 8.63. The molecule has 0 radical (unpaired) electrons. The zero-order chi connectivity index (χ0) is 34.8. The maximum atomic E-state index is 13.2. The fourth-order valence-corrected chi connectivity index (χ4v) is 6.33. The quantitative estimate of drug-likeness (QED) is 0.139. The summed E-state index contributed by atoms with van der Waals surface area (Å²) in [5.41, 5.74) is 2.34. The number of aliphatic hydroxyl groups is 1. The van der Waals surface area contributed by atoms with Crippen LogP contribution in [0.2, 0.25) is 0 Å². The van der Waals surface area contributed by atoms with Gasteiger partial charge in [-0.25, -0.2) is 4.79 Å². The van der Waals surface area contributed by atoms with Crippen molar-refractivity contribution in [1.82, 2.24) is 4.90 Å². The third-order valence-electron chi connectivity index (χ3n) is 8.63. The summed E-state index contributed by atoms with van der Waals surface area (Å²) < 4.78 is 35.3. The Hall–Kier alpha value is -4.31. The van der Waals surface area contributed by atoms with Crippen LogP contribution in [0.15, 0.2) is 84.9 Å². The first-order chi connectivity index (χ1) is 23.7. The molecule has 0 bridgehead atoms. The molecule has 49 heavy (non-hydrogen) atoms. The second kappa shape index (κ2) is 16.9. The number of hydrogen-bond acceptors (Lipinski definition) is 8. The Balaban J connectivity index is 1.25. The van der Waals surface area contributed by atoms with Crippen LogP contribution in [-0.2, 0) is 27.4 Å². The molecule has 3 atom stereocenters. The van der Waals surface area contributed by atoms with E-state index in [1.807, 2.05) is 93.6 Å². The van der Waals surface area contributed by atoms with E-state index in [0.29, 0.717) is 39.5 Å². The molecule has 0 aliphatic carbocycles. The Morgan fingerprint density at radius 1 is 0.857 bits per heavy atom. The van der Waals surface area contributed by atoms with Crippen LogP contribution in [0.3, 0.4) is 0 Å². The number of fused-ring (bicyclic) bond motifs is 1. The summed E-state index contributed by atoms with van der Waals surface area (Å²) in [6, 6.07) is 27.9. The number of ether oxygens (including phenoxy) is 6. The van der Waals surface area contributed by atoms with Crippen LogP contribution >= 0.6 is 0 Å². The topological polar surface area (TPSA) is 95.9 Å². The van der Waals surface area contributed by atoms with Gasteiger partial charge in [0.2, 0.25) is 0 Å². The van der Waals surface area contributed by atoms with Crippen LogP contribution in [-0.4, -0.2) is 74.9 Å². The van der Waals surface area contributed by atoms with E-state index in [-0.39, 0.29) is 18.4 Å². The van der Waals surface area contributed by atoms with Gasteiger partial charge in [0.25, 0.3) is 0 Å². The lowest BCUT2D eigenvalue weighted by atomic mass is 9.79. The number of benzene rings is 4.